The Morgan fingerprint density at radius 1 is 1.58 bits per heavy atom. The number of hydrogen-bond acceptors (Lipinski definition) is 2. The summed E-state index contributed by atoms with van der Waals surface area (Å²) < 4.78 is 12.6. The summed E-state index contributed by atoms with van der Waals surface area (Å²) in [5.74, 6) is -0.474. The molecule has 0 N–H and O–H groups in total. The average Bonchev–Trinajstić information content (AvgIpc) is 2.07. The lowest BCUT2D eigenvalue weighted by Gasteiger charge is -1.95. The largest absolute Gasteiger partial charge is 0.299 e. The van der Waals surface area contributed by atoms with Crippen molar-refractivity contribution in [3.63, 3.8) is 0 Å². The zero-order valence-electron chi connectivity index (χ0n) is 6.62. The van der Waals surface area contributed by atoms with Gasteiger partial charge in [-0.05, 0) is 24.6 Å². The van der Waals surface area contributed by atoms with Crippen LogP contribution in [0.25, 0.3) is 6.08 Å². The van der Waals surface area contributed by atoms with E-state index in [-0.39, 0.29) is 0 Å². The van der Waals surface area contributed by atoms with Crippen LogP contribution in [0.5, 0.6) is 0 Å². The van der Waals surface area contributed by atoms with Crippen LogP contribution in [0.3, 0.4) is 0 Å². The number of pyridine rings is 1. The third kappa shape index (κ3) is 1.99. The predicted octanol–water partition coefficient (Wildman–Crippen LogP) is 1.74. The Morgan fingerprint density at radius 3 is 2.92 bits per heavy atom. The normalized spacial score (nSPS) is 10.5. The van der Waals surface area contributed by atoms with Crippen molar-refractivity contribution in [2.75, 3.05) is 0 Å². The van der Waals surface area contributed by atoms with Crippen LogP contribution in [-0.2, 0) is 4.79 Å². The summed E-state index contributed by atoms with van der Waals surface area (Å²) in [5, 5.41) is 0. The highest BCUT2D eigenvalue weighted by molar-refractivity contribution is 5.73. The molecule has 62 valence electrons. The van der Waals surface area contributed by atoms with Gasteiger partial charge in [0.05, 0.1) is 0 Å². The zero-order chi connectivity index (χ0) is 8.97. The number of aromatic nitrogens is 1. The van der Waals surface area contributed by atoms with Gasteiger partial charge in [0.2, 0.25) is 5.95 Å². The fraction of sp³-hybridized carbons (Fsp3) is 0.111. The standard InChI is InChI=1S/C9H8FNO/c1-7-5-8(3-2-4-12)6-11-9(7)10/h2-6H,1H3. The first-order valence-corrected chi connectivity index (χ1v) is 3.48. The molecule has 0 radical (unpaired) electrons. The molecule has 0 saturated heterocycles. The van der Waals surface area contributed by atoms with Gasteiger partial charge in [0.1, 0.15) is 6.29 Å². The lowest BCUT2D eigenvalue weighted by molar-refractivity contribution is -0.104. The number of hydrogen-bond donors (Lipinski definition) is 0. The minimum absolute atomic E-state index is 0.474. The van der Waals surface area contributed by atoms with E-state index in [4.69, 9.17) is 0 Å². The second-order valence-electron chi connectivity index (χ2n) is 2.37. The second kappa shape index (κ2) is 3.76. The van der Waals surface area contributed by atoms with Gasteiger partial charge in [-0.2, -0.15) is 4.39 Å². The van der Waals surface area contributed by atoms with E-state index in [0.717, 1.165) is 5.56 Å². The van der Waals surface area contributed by atoms with Gasteiger partial charge >= 0.3 is 0 Å². The smallest absolute Gasteiger partial charge is 0.215 e. The molecular weight excluding hydrogens is 157 g/mol. The van der Waals surface area contributed by atoms with E-state index in [2.05, 4.69) is 4.98 Å². The van der Waals surface area contributed by atoms with Gasteiger partial charge in [-0.15, -0.1) is 0 Å². The summed E-state index contributed by atoms with van der Waals surface area (Å²) in [6, 6.07) is 1.63. The maximum absolute atomic E-state index is 12.6. The van der Waals surface area contributed by atoms with Gasteiger partial charge in [-0.25, -0.2) is 4.98 Å². The minimum atomic E-state index is -0.474. The Kier molecular flexibility index (Phi) is 2.69. The molecule has 0 aliphatic heterocycles. The van der Waals surface area contributed by atoms with Gasteiger partial charge in [0.15, 0.2) is 0 Å². The Hall–Kier alpha value is -1.51. The quantitative estimate of drug-likeness (QED) is 0.379. The molecule has 0 atom stereocenters. The van der Waals surface area contributed by atoms with Gasteiger partial charge in [-0.1, -0.05) is 6.08 Å². The number of carbonyl (C=O) groups is 1. The topological polar surface area (TPSA) is 30.0 Å². The van der Waals surface area contributed by atoms with Gasteiger partial charge in [0, 0.05) is 11.8 Å². The van der Waals surface area contributed by atoms with Gasteiger partial charge in [0.25, 0.3) is 0 Å². The lowest BCUT2D eigenvalue weighted by Crippen LogP contribution is -1.88. The van der Waals surface area contributed by atoms with Crippen molar-refractivity contribution in [2.45, 2.75) is 6.92 Å². The average molecular weight is 165 g/mol. The van der Waals surface area contributed by atoms with Gasteiger partial charge in [-0.3, -0.25) is 4.79 Å². The third-order valence-electron chi connectivity index (χ3n) is 1.40. The van der Waals surface area contributed by atoms with Crippen LogP contribution in [-0.4, -0.2) is 11.3 Å². The molecule has 0 fully saturated rings. The number of allylic oxidation sites excluding steroid dienone is 1. The van der Waals surface area contributed by atoms with Crippen molar-refractivity contribution in [1.82, 2.24) is 4.98 Å². The maximum atomic E-state index is 12.6. The van der Waals surface area contributed by atoms with Crippen molar-refractivity contribution >= 4 is 12.4 Å². The van der Waals surface area contributed by atoms with Crippen molar-refractivity contribution < 1.29 is 9.18 Å². The number of carbonyl (C=O) groups excluding carboxylic acids is 1. The van der Waals surface area contributed by atoms with E-state index in [1.54, 1.807) is 19.1 Å². The first kappa shape index (κ1) is 8.59. The molecule has 0 unspecified atom stereocenters. The highest BCUT2D eigenvalue weighted by atomic mass is 19.1. The van der Waals surface area contributed by atoms with Crippen LogP contribution in [0.2, 0.25) is 0 Å². The highest BCUT2D eigenvalue weighted by Crippen LogP contribution is 2.06. The molecule has 1 rings (SSSR count). The molecule has 0 saturated carbocycles. The molecule has 0 amide bonds. The third-order valence-corrected chi connectivity index (χ3v) is 1.40. The van der Waals surface area contributed by atoms with Crippen molar-refractivity contribution in [3.8, 4) is 0 Å². The van der Waals surface area contributed by atoms with E-state index in [1.165, 1.54) is 12.3 Å². The SMILES string of the molecule is Cc1cc(C=CC=O)cnc1F. The summed E-state index contributed by atoms with van der Waals surface area (Å²) >= 11 is 0. The monoisotopic (exact) mass is 165 g/mol. The maximum Gasteiger partial charge on any atom is 0.215 e. The van der Waals surface area contributed by atoms with E-state index >= 15 is 0 Å². The fourth-order valence-electron chi connectivity index (χ4n) is 0.821. The Labute approximate surface area is 69.7 Å². The molecule has 0 bridgehead atoms. The van der Waals surface area contributed by atoms with Gasteiger partial charge < -0.3 is 0 Å². The molecule has 1 heterocycles. The van der Waals surface area contributed by atoms with Crippen molar-refractivity contribution in [2.24, 2.45) is 0 Å². The van der Waals surface area contributed by atoms with E-state index in [1.807, 2.05) is 0 Å². The Bertz CT molecular complexity index is 320. The molecule has 0 aliphatic carbocycles. The number of aldehydes is 1. The molecule has 1 aromatic rings. The number of aryl methyl sites for hydroxylation is 1. The summed E-state index contributed by atoms with van der Waals surface area (Å²) in [4.78, 5) is 13.4. The Balaban J connectivity index is 2.96. The van der Waals surface area contributed by atoms with Crippen LogP contribution in [0.15, 0.2) is 18.3 Å². The van der Waals surface area contributed by atoms with Crippen LogP contribution in [0, 0.1) is 12.9 Å². The summed E-state index contributed by atoms with van der Waals surface area (Å²) in [6.45, 7) is 1.63. The molecular formula is C9H8FNO. The van der Waals surface area contributed by atoms with Crippen molar-refractivity contribution in [1.29, 1.82) is 0 Å². The van der Waals surface area contributed by atoms with E-state index in [9.17, 15) is 9.18 Å². The van der Waals surface area contributed by atoms with Crippen molar-refractivity contribution in [3.05, 3.63) is 35.4 Å². The predicted molar refractivity (Wildman–Crippen MR) is 44.0 cm³/mol. The second-order valence-corrected chi connectivity index (χ2v) is 2.37. The number of rotatable bonds is 2. The molecule has 0 aliphatic rings. The lowest BCUT2D eigenvalue weighted by atomic mass is 10.2. The fourth-order valence-corrected chi connectivity index (χ4v) is 0.821. The molecule has 0 spiro atoms. The molecule has 12 heavy (non-hydrogen) atoms. The summed E-state index contributed by atoms with van der Waals surface area (Å²) in [7, 11) is 0. The Morgan fingerprint density at radius 2 is 2.33 bits per heavy atom. The number of nitrogens with zero attached hydrogens (tertiary/aromatic N) is 1. The molecule has 0 aromatic carbocycles. The van der Waals surface area contributed by atoms with Crippen LogP contribution < -0.4 is 0 Å². The highest BCUT2D eigenvalue weighted by Gasteiger charge is 1.96. The van der Waals surface area contributed by atoms with Crippen LogP contribution >= 0.6 is 0 Å². The minimum Gasteiger partial charge on any atom is -0.299 e. The molecule has 2 nitrogen and oxygen atoms in total. The summed E-state index contributed by atoms with van der Waals surface area (Å²) in [5.41, 5.74) is 1.20. The van der Waals surface area contributed by atoms with Crippen LogP contribution in [0.1, 0.15) is 11.1 Å². The molecule has 3 heteroatoms. The summed E-state index contributed by atoms with van der Waals surface area (Å²) in [6.07, 6.45) is 4.96. The van der Waals surface area contributed by atoms with E-state index in [0.29, 0.717) is 11.8 Å². The van der Waals surface area contributed by atoms with E-state index < -0.39 is 5.95 Å². The molecule has 1 aromatic heterocycles. The van der Waals surface area contributed by atoms with Crippen LogP contribution in [0.4, 0.5) is 4.39 Å². The first-order chi connectivity index (χ1) is 5.74. The first-order valence-electron chi connectivity index (χ1n) is 3.48. The zero-order valence-corrected chi connectivity index (χ0v) is 6.62. The number of halogens is 1.